The van der Waals surface area contributed by atoms with Gasteiger partial charge in [-0.05, 0) is 62.3 Å². The van der Waals surface area contributed by atoms with Gasteiger partial charge < -0.3 is 20.6 Å². The number of halogens is 2. The van der Waals surface area contributed by atoms with Crippen LogP contribution in [0.1, 0.15) is 12.8 Å². The van der Waals surface area contributed by atoms with E-state index in [2.05, 4.69) is 126 Å². The van der Waals surface area contributed by atoms with Gasteiger partial charge in [-0.15, -0.1) is 0 Å². The van der Waals surface area contributed by atoms with Crippen LogP contribution >= 0.6 is 31.9 Å². The SMILES string of the molecule is NCCCn1c2cc(Br)ccc2c2ccc(Br)cc21.NCCCn1c2ccccc2c2ccccc21. The van der Waals surface area contributed by atoms with Crippen LogP contribution in [0.15, 0.2) is 93.9 Å². The lowest BCUT2D eigenvalue weighted by molar-refractivity contribution is 0.687. The lowest BCUT2D eigenvalue weighted by Gasteiger charge is -2.06. The van der Waals surface area contributed by atoms with E-state index in [0.717, 1.165) is 41.4 Å². The van der Waals surface area contributed by atoms with Gasteiger partial charge in [0.05, 0.1) is 11.0 Å². The third-order valence-electron chi connectivity index (χ3n) is 6.64. The number of hydrogen-bond donors (Lipinski definition) is 2. The van der Waals surface area contributed by atoms with Crippen LogP contribution in [0, 0.1) is 0 Å². The maximum atomic E-state index is 5.66. The zero-order chi connectivity index (χ0) is 25.1. The van der Waals surface area contributed by atoms with E-state index >= 15 is 0 Å². The summed E-state index contributed by atoms with van der Waals surface area (Å²) in [6.45, 7) is 3.39. The summed E-state index contributed by atoms with van der Waals surface area (Å²) in [6.07, 6.45) is 2.00. The normalized spacial score (nSPS) is 11.4. The molecule has 0 amide bonds. The third kappa shape index (κ3) is 4.83. The average molecular weight is 606 g/mol. The van der Waals surface area contributed by atoms with Gasteiger partial charge in [0.15, 0.2) is 0 Å². The average Bonchev–Trinajstić information content (AvgIpc) is 3.38. The molecule has 6 heteroatoms. The number of benzene rings is 4. The topological polar surface area (TPSA) is 61.9 Å². The number of hydrogen-bond acceptors (Lipinski definition) is 2. The lowest BCUT2D eigenvalue weighted by atomic mass is 10.2. The second-order valence-electron chi connectivity index (χ2n) is 8.94. The predicted molar refractivity (Wildman–Crippen MR) is 162 cm³/mol. The molecule has 0 aliphatic carbocycles. The van der Waals surface area contributed by atoms with Gasteiger partial charge in [0.1, 0.15) is 0 Å². The molecule has 2 aromatic heterocycles. The Labute approximate surface area is 228 Å². The van der Waals surface area contributed by atoms with Crippen molar-refractivity contribution in [2.45, 2.75) is 25.9 Å². The molecule has 2 heterocycles. The van der Waals surface area contributed by atoms with Gasteiger partial charge in [-0.1, -0.05) is 80.4 Å². The summed E-state index contributed by atoms with van der Waals surface area (Å²) in [5.41, 5.74) is 16.4. The van der Waals surface area contributed by atoms with E-state index in [1.807, 2.05) is 0 Å². The van der Waals surface area contributed by atoms with Gasteiger partial charge in [0, 0.05) is 54.6 Å². The van der Waals surface area contributed by atoms with Crippen LogP contribution < -0.4 is 11.5 Å². The van der Waals surface area contributed by atoms with Crippen molar-refractivity contribution in [1.29, 1.82) is 0 Å². The molecule has 4 nitrogen and oxygen atoms in total. The van der Waals surface area contributed by atoms with Crippen LogP contribution in [-0.4, -0.2) is 22.2 Å². The van der Waals surface area contributed by atoms with Crippen LogP contribution in [0.25, 0.3) is 43.6 Å². The smallest absolute Gasteiger partial charge is 0.0502 e. The van der Waals surface area contributed by atoms with Gasteiger partial charge in [0.25, 0.3) is 0 Å². The Morgan fingerprint density at radius 1 is 0.500 bits per heavy atom. The second-order valence-corrected chi connectivity index (χ2v) is 10.8. The molecule has 4 N–H and O–H groups in total. The summed E-state index contributed by atoms with van der Waals surface area (Å²) in [7, 11) is 0. The first-order valence-corrected chi connectivity index (χ1v) is 13.9. The van der Waals surface area contributed by atoms with Crippen molar-refractivity contribution in [2.24, 2.45) is 11.5 Å². The maximum absolute atomic E-state index is 5.66. The maximum Gasteiger partial charge on any atom is 0.0502 e. The third-order valence-corrected chi connectivity index (χ3v) is 7.63. The second kappa shape index (κ2) is 11.2. The van der Waals surface area contributed by atoms with Crippen molar-refractivity contribution in [3.8, 4) is 0 Å². The molecule has 0 aliphatic heterocycles. The van der Waals surface area contributed by atoms with E-state index in [4.69, 9.17) is 11.5 Å². The van der Waals surface area contributed by atoms with Crippen LogP contribution in [0.5, 0.6) is 0 Å². The lowest BCUT2D eigenvalue weighted by Crippen LogP contribution is -2.05. The number of fused-ring (bicyclic) bond motifs is 6. The Hall–Kier alpha value is -2.64. The first-order chi connectivity index (χ1) is 17.6. The minimum Gasteiger partial charge on any atom is -0.340 e. The van der Waals surface area contributed by atoms with Crippen molar-refractivity contribution in [1.82, 2.24) is 9.13 Å². The monoisotopic (exact) mass is 604 g/mol. The van der Waals surface area contributed by atoms with Crippen molar-refractivity contribution in [2.75, 3.05) is 13.1 Å². The molecule has 0 saturated carbocycles. The largest absolute Gasteiger partial charge is 0.340 e. The highest BCUT2D eigenvalue weighted by Crippen LogP contribution is 2.33. The molecule has 6 rings (SSSR count). The molecule has 36 heavy (non-hydrogen) atoms. The molecular weight excluding hydrogens is 576 g/mol. The van der Waals surface area contributed by atoms with Crippen molar-refractivity contribution < 1.29 is 0 Å². The fraction of sp³-hybridized carbons (Fsp3) is 0.200. The standard InChI is InChI=1S/C15H14Br2N2.C15H16N2/c16-10-2-4-12-13-5-3-11(17)9-15(13)19(7-1-6-18)14(12)8-10;16-10-5-11-17-14-8-3-1-6-12(14)13-7-2-4-9-15(13)17/h2-5,8-9H,1,6-7,18H2;1-4,6-9H,5,10-11,16H2. The molecule has 0 radical (unpaired) electrons. The van der Waals surface area contributed by atoms with Crippen LogP contribution in [0.2, 0.25) is 0 Å². The van der Waals surface area contributed by atoms with E-state index in [9.17, 15) is 0 Å². The predicted octanol–water partition coefficient (Wildman–Crippen LogP) is 7.81. The Balaban J connectivity index is 0.000000149. The summed E-state index contributed by atoms with van der Waals surface area (Å²) < 4.78 is 6.94. The van der Waals surface area contributed by atoms with Crippen molar-refractivity contribution in [3.05, 3.63) is 93.9 Å². The molecule has 4 aromatic carbocycles. The molecule has 0 atom stereocenters. The van der Waals surface area contributed by atoms with Crippen LogP contribution in [0.4, 0.5) is 0 Å². The molecule has 0 bridgehead atoms. The number of nitrogens with zero attached hydrogens (tertiary/aromatic N) is 2. The molecule has 0 saturated heterocycles. The Bertz CT molecular complexity index is 1540. The molecule has 0 fully saturated rings. The van der Waals surface area contributed by atoms with Gasteiger partial charge in [-0.2, -0.15) is 0 Å². The highest BCUT2D eigenvalue weighted by molar-refractivity contribution is 9.10. The molecule has 184 valence electrons. The first-order valence-electron chi connectivity index (χ1n) is 12.4. The zero-order valence-electron chi connectivity index (χ0n) is 20.1. The highest BCUT2D eigenvalue weighted by Gasteiger charge is 2.11. The highest BCUT2D eigenvalue weighted by atomic mass is 79.9. The number of nitrogens with two attached hydrogens (primary N) is 2. The summed E-state index contributed by atoms with van der Waals surface area (Å²) >= 11 is 7.12. The fourth-order valence-electron chi connectivity index (χ4n) is 5.03. The van der Waals surface area contributed by atoms with Gasteiger partial charge >= 0.3 is 0 Å². The van der Waals surface area contributed by atoms with Crippen molar-refractivity contribution in [3.63, 3.8) is 0 Å². The van der Waals surface area contributed by atoms with Crippen LogP contribution in [-0.2, 0) is 13.1 Å². The molecular formula is C30H30Br2N4. The van der Waals surface area contributed by atoms with Crippen LogP contribution in [0.3, 0.4) is 0 Å². The summed E-state index contributed by atoms with van der Waals surface area (Å²) in [5, 5.41) is 5.26. The molecule has 6 aromatic rings. The summed E-state index contributed by atoms with van der Waals surface area (Å²) in [4.78, 5) is 0. The fourth-order valence-corrected chi connectivity index (χ4v) is 5.72. The Kier molecular flexibility index (Phi) is 7.77. The Morgan fingerprint density at radius 2 is 0.889 bits per heavy atom. The van der Waals surface area contributed by atoms with E-state index < -0.39 is 0 Å². The van der Waals surface area contributed by atoms with Gasteiger partial charge in [0.2, 0.25) is 0 Å². The zero-order valence-corrected chi connectivity index (χ0v) is 23.3. The summed E-state index contributed by atoms with van der Waals surface area (Å²) in [6, 6.07) is 30.0. The minimum absolute atomic E-state index is 0.711. The first kappa shape index (κ1) is 25.0. The molecule has 0 aliphatic rings. The van der Waals surface area contributed by atoms with E-state index in [0.29, 0.717) is 6.54 Å². The van der Waals surface area contributed by atoms with E-state index in [1.165, 1.54) is 43.6 Å². The van der Waals surface area contributed by atoms with E-state index in [-0.39, 0.29) is 0 Å². The molecule has 0 spiro atoms. The summed E-state index contributed by atoms with van der Waals surface area (Å²) in [5.74, 6) is 0. The molecule has 0 unspecified atom stereocenters. The van der Waals surface area contributed by atoms with E-state index in [1.54, 1.807) is 0 Å². The number of aryl methyl sites for hydroxylation is 2. The Morgan fingerprint density at radius 3 is 1.33 bits per heavy atom. The van der Waals surface area contributed by atoms with Crippen molar-refractivity contribution >= 4 is 75.5 Å². The number of para-hydroxylation sites is 2. The number of rotatable bonds is 6. The number of aromatic nitrogens is 2. The van der Waals surface area contributed by atoms with Gasteiger partial charge in [-0.25, -0.2) is 0 Å². The minimum atomic E-state index is 0.711. The van der Waals surface area contributed by atoms with Gasteiger partial charge in [-0.3, -0.25) is 0 Å². The quantitative estimate of drug-likeness (QED) is 0.203.